The molecule has 0 aliphatic rings. The van der Waals surface area contributed by atoms with Gasteiger partial charge in [-0.15, -0.1) is 0 Å². The fourth-order valence-electron chi connectivity index (χ4n) is 1.36. The summed E-state index contributed by atoms with van der Waals surface area (Å²) in [5.74, 6) is -1.14. The van der Waals surface area contributed by atoms with Gasteiger partial charge < -0.3 is 5.73 Å². The Morgan fingerprint density at radius 3 is 2.44 bits per heavy atom. The van der Waals surface area contributed by atoms with E-state index in [1.54, 1.807) is 0 Å². The zero-order chi connectivity index (χ0) is 13.5. The third-order valence-electron chi connectivity index (χ3n) is 2.18. The number of amides is 2. The van der Waals surface area contributed by atoms with Gasteiger partial charge in [-0.05, 0) is 6.92 Å². The Kier molecular flexibility index (Phi) is 5.26. The molecule has 0 saturated heterocycles. The zero-order valence-corrected chi connectivity index (χ0v) is 10.9. The van der Waals surface area contributed by atoms with Crippen molar-refractivity contribution in [3.05, 3.63) is 35.9 Å². The number of thiocarbonyl (C=S) groups is 1. The molecule has 1 rings (SSSR count). The lowest BCUT2D eigenvalue weighted by molar-refractivity contribution is -0.129. The fraction of sp³-hybridized carbons (Fsp3) is 0.250. The monoisotopic (exact) mass is 265 g/mol. The number of hydrazine groups is 1. The quantitative estimate of drug-likeness (QED) is 0.474. The summed E-state index contributed by atoms with van der Waals surface area (Å²) in [5.41, 5.74) is 8.32. The molecule has 0 aliphatic carbocycles. The molecule has 1 aromatic carbocycles. The molecule has 0 aliphatic heterocycles. The number of primary amides is 1. The Labute approximate surface area is 111 Å². The van der Waals surface area contributed by atoms with E-state index in [9.17, 15) is 9.59 Å². The van der Waals surface area contributed by atoms with Crippen LogP contribution in [-0.2, 0) is 9.59 Å². The van der Waals surface area contributed by atoms with Gasteiger partial charge in [0.1, 0.15) is 11.4 Å². The van der Waals surface area contributed by atoms with Crippen molar-refractivity contribution in [2.75, 3.05) is 6.54 Å². The van der Waals surface area contributed by atoms with E-state index in [-0.39, 0.29) is 6.42 Å². The predicted molar refractivity (Wildman–Crippen MR) is 72.5 cm³/mol. The van der Waals surface area contributed by atoms with Crippen molar-refractivity contribution >= 4 is 29.0 Å². The molecule has 5 nitrogen and oxygen atoms in total. The molecular formula is C12H15N3O2S. The number of benzene rings is 1. The van der Waals surface area contributed by atoms with Gasteiger partial charge in [-0.2, -0.15) is 0 Å². The number of nitrogens with zero attached hydrogens (tertiary/aromatic N) is 1. The molecule has 0 atom stereocenters. The average Bonchev–Trinajstić information content (AvgIpc) is 2.35. The minimum atomic E-state index is -0.672. The van der Waals surface area contributed by atoms with Crippen molar-refractivity contribution < 1.29 is 9.59 Å². The molecule has 0 saturated carbocycles. The first kappa shape index (κ1) is 14.1. The minimum absolute atomic E-state index is 0.353. The number of nitrogens with one attached hydrogen (secondary N) is 1. The summed E-state index contributed by atoms with van der Waals surface area (Å²) >= 11 is 5.27. The van der Waals surface area contributed by atoms with Crippen LogP contribution in [0.1, 0.15) is 18.9 Å². The van der Waals surface area contributed by atoms with Crippen molar-refractivity contribution in [2.45, 2.75) is 13.3 Å². The zero-order valence-electron chi connectivity index (χ0n) is 10.1. The van der Waals surface area contributed by atoms with Crippen molar-refractivity contribution in [3.8, 4) is 0 Å². The molecule has 1 aromatic rings. The van der Waals surface area contributed by atoms with Crippen molar-refractivity contribution in [1.29, 1.82) is 0 Å². The van der Waals surface area contributed by atoms with E-state index in [2.05, 4.69) is 5.43 Å². The molecular weight excluding hydrogens is 250 g/mol. The van der Waals surface area contributed by atoms with Crippen LogP contribution in [0.3, 0.4) is 0 Å². The lowest BCUT2D eigenvalue weighted by atomic mass is 10.2. The average molecular weight is 265 g/mol. The van der Waals surface area contributed by atoms with Crippen LogP contribution >= 0.6 is 12.2 Å². The molecule has 96 valence electrons. The van der Waals surface area contributed by atoms with E-state index < -0.39 is 11.8 Å². The first-order valence-corrected chi connectivity index (χ1v) is 5.90. The van der Waals surface area contributed by atoms with Gasteiger partial charge in [0.05, 0.1) is 0 Å². The van der Waals surface area contributed by atoms with Crippen LogP contribution in [0.5, 0.6) is 0 Å². The molecule has 0 radical (unpaired) electrons. The van der Waals surface area contributed by atoms with Crippen LogP contribution in [0.25, 0.3) is 0 Å². The first-order valence-electron chi connectivity index (χ1n) is 5.49. The lowest BCUT2D eigenvalue weighted by Crippen LogP contribution is -2.46. The van der Waals surface area contributed by atoms with Crippen molar-refractivity contribution in [2.24, 2.45) is 5.73 Å². The number of hydrogen-bond donors (Lipinski definition) is 2. The van der Waals surface area contributed by atoms with E-state index in [4.69, 9.17) is 18.0 Å². The number of carbonyl (C=O) groups is 2. The Morgan fingerprint density at radius 1 is 1.33 bits per heavy atom. The van der Waals surface area contributed by atoms with Crippen LogP contribution in [0, 0.1) is 0 Å². The van der Waals surface area contributed by atoms with Gasteiger partial charge in [-0.3, -0.25) is 20.0 Å². The minimum Gasteiger partial charge on any atom is -0.369 e. The number of hydrogen-bond acceptors (Lipinski definition) is 3. The highest BCUT2D eigenvalue weighted by Crippen LogP contribution is 2.04. The predicted octanol–water partition coefficient (Wildman–Crippen LogP) is 0.591. The number of nitrogens with two attached hydrogens (primary N) is 1. The Morgan fingerprint density at radius 2 is 1.94 bits per heavy atom. The van der Waals surface area contributed by atoms with Crippen LogP contribution < -0.4 is 11.2 Å². The molecule has 2 amide bonds. The summed E-state index contributed by atoms with van der Waals surface area (Å²) in [7, 11) is 0. The SMILES string of the molecule is CCN(NC(=O)CC(N)=O)C(=S)c1ccccc1. The second-order valence-electron chi connectivity index (χ2n) is 3.59. The maximum Gasteiger partial charge on any atom is 0.247 e. The molecule has 6 heteroatoms. The molecule has 0 aromatic heterocycles. The van der Waals surface area contributed by atoms with Gasteiger partial charge in [0.25, 0.3) is 0 Å². The van der Waals surface area contributed by atoms with Gasteiger partial charge in [-0.1, -0.05) is 42.5 Å². The highest BCUT2D eigenvalue weighted by molar-refractivity contribution is 7.80. The molecule has 0 spiro atoms. The third kappa shape index (κ3) is 4.14. The van der Waals surface area contributed by atoms with E-state index in [0.717, 1.165) is 5.56 Å². The second kappa shape index (κ2) is 6.70. The largest absolute Gasteiger partial charge is 0.369 e. The van der Waals surface area contributed by atoms with Crippen molar-refractivity contribution in [3.63, 3.8) is 0 Å². The molecule has 3 N–H and O–H groups in total. The molecule has 0 heterocycles. The standard InChI is InChI=1S/C12H15N3O2S/c1-2-15(14-11(17)8-10(13)16)12(18)9-6-4-3-5-7-9/h3-7H,2,8H2,1H3,(H2,13,16)(H,14,17). The van der Waals surface area contributed by atoms with E-state index in [1.807, 2.05) is 37.3 Å². The molecule has 0 unspecified atom stereocenters. The lowest BCUT2D eigenvalue weighted by Gasteiger charge is -2.24. The smallest absolute Gasteiger partial charge is 0.247 e. The van der Waals surface area contributed by atoms with E-state index in [1.165, 1.54) is 5.01 Å². The van der Waals surface area contributed by atoms with Gasteiger partial charge in [0.2, 0.25) is 11.8 Å². The summed E-state index contributed by atoms with van der Waals surface area (Å²) < 4.78 is 0. The Bertz CT molecular complexity index is 448. The summed E-state index contributed by atoms with van der Waals surface area (Å²) in [6.45, 7) is 2.35. The summed E-state index contributed by atoms with van der Waals surface area (Å²) in [4.78, 5) is 22.6. The summed E-state index contributed by atoms with van der Waals surface area (Å²) in [5, 5.41) is 1.51. The van der Waals surface area contributed by atoms with Gasteiger partial charge in [0.15, 0.2) is 0 Å². The normalized spacial score (nSPS) is 9.61. The highest BCUT2D eigenvalue weighted by Gasteiger charge is 2.13. The van der Waals surface area contributed by atoms with Crippen molar-refractivity contribution in [1.82, 2.24) is 10.4 Å². The van der Waals surface area contributed by atoms with Crippen LogP contribution in [0.4, 0.5) is 0 Å². The van der Waals surface area contributed by atoms with Gasteiger partial charge in [0, 0.05) is 12.1 Å². The molecule has 0 bridgehead atoms. The third-order valence-corrected chi connectivity index (χ3v) is 2.63. The molecule has 0 fully saturated rings. The summed E-state index contributed by atoms with van der Waals surface area (Å²) in [6, 6.07) is 9.31. The maximum atomic E-state index is 11.4. The van der Waals surface area contributed by atoms with Gasteiger partial charge >= 0.3 is 0 Å². The first-order chi connectivity index (χ1) is 8.54. The number of rotatable bonds is 4. The van der Waals surface area contributed by atoms with Crippen LogP contribution in [0.2, 0.25) is 0 Å². The van der Waals surface area contributed by atoms with E-state index in [0.29, 0.717) is 11.5 Å². The fourth-order valence-corrected chi connectivity index (χ4v) is 1.67. The van der Waals surface area contributed by atoms with Crippen LogP contribution in [0.15, 0.2) is 30.3 Å². The highest BCUT2D eigenvalue weighted by atomic mass is 32.1. The Hall–Kier alpha value is -1.95. The number of carbonyl (C=O) groups excluding carboxylic acids is 2. The topological polar surface area (TPSA) is 75.4 Å². The van der Waals surface area contributed by atoms with E-state index >= 15 is 0 Å². The summed E-state index contributed by atoms with van der Waals surface area (Å²) in [6.07, 6.45) is -0.353. The maximum absolute atomic E-state index is 11.4. The molecule has 18 heavy (non-hydrogen) atoms. The Balaban J connectivity index is 2.69. The van der Waals surface area contributed by atoms with Crippen LogP contribution in [-0.4, -0.2) is 28.4 Å². The van der Waals surface area contributed by atoms with Gasteiger partial charge in [-0.25, -0.2) is 0 Å². The second-order valence-corrected chi connectivity index (χ2v) is 3.98.